The molecule has 3 aromatic rings. The van der Waals surface area contributed by atoms with E-state index in [0.717, 1.165) is 23.2 Å². The maximum absolute atomic E-state index is 12.6. The van der Waals surface area contributed by atoms with Crippen molar-refractivity contribution in [3.05, 3.63) is 93.6 Å². The lowest BCUT2D eigenvalue weighted by atomic mass is 10.1. The molecule has 2 aromatic carbocycles. The SMILES string of the molecule is O=C(Nc1cccc(Cn2cccnc2=O)c1)C1CC1c1cccc(Cl)c1. The molecule has 0 aliphatic heterocycles. The number of benzene rings is 2. The number of carbonyl (C=O) groups excluding carboxylic acids is 1. The van der Waals surface area contributed by atoms with Crippen molar-refractivity contribution in [1.82, 2.24) is 9.55 Å². The predicted octanol–water partition coefficient (Wildman–Crippen LogP) is 3.69. The van der Waals surface area contributed by atoms with Gasteiger partial charge >= 0.3 is 5.69 Å². The van der Waals surface area contributed by atoms with Crippen LogP contribution in [-0.2, 0) is 11.3 Å². The van der Waals surface area contributed by atoms with E-state index in [4.69, 9.17) is 11.6 Å². The van der Waals surface area contributed by atoms with Gasteiger partial charge in [0.1, 0.15) is 0 Å². The molecule has 1 N–H and O–H groups in total. The quantitative estimate of drug-likeness (QED) is 0.735. The average molecular weight is 380 g/mol. The molecule has 1 saturated carbocycles. The van der Waals surface area contributed by atoms with Crippen LogP contribution in [0.1, 0.15) is 23.5 Å². The highest BCUT2D eigenvalue weighted by atomic mass is 35.5. The molecule has 0 saturated heterocycles. The van der Waals surface area contributed by atoms with Crippen molar-refractivity contribution >= 4 is 23.2 Å². The fraction of sp³-hybridized carbons (Fsp3) is 0.190. The second kappa shape index (κ2) is 7.37. The van der Waals surface area contributed by atoms with E-state index in [2.05, 4.69) is 10.3 Å². The Morgan fingerprint density at radius 2 is 2.04 bits per heavy atom. The Labute approximate surface area is 161 Å². The van der Waals surface area contributed by atoms with E-state index >= 15 is 0 Å². The van der Waals surface area contributed by atoms with E-state index in [0.29, 0.717) is 11.6 Å². The third kappa shape index (κ3) is 4.09. The van der Waals surface area contributed by atoms with Crippen LogP contribution in [0, 0.1) is 5.92 Å². The van der Waals surface area contributed by atoms with Crippen LogP contribution in [0.4, 0.5) is 5.69 Å². The number of carbonyl (C=O) groups is 1. The normalized spacial score (nSPS) is 18.1. The Hall–Kier alpha value is -2.92. The molecule has 5 nitrogen and oxygen atoms in total. The minimum absolute atomic E-state index is 0.00988. The Balaban J connectivity index is 1.42. The van der Waals surface area contributed by atoms with Gasteiger partial charge in [-0.15, -0.1) is 0 Å². The summed E-state index contributed by atoms with van der Waals surface area (Å²) in [6.07, 6.45) is 4.00. The predicted molar refractivity (Wildman–Crippen MR) is 105 cm³/mol. The zero-order valence-electron chi connectivity index (χ0n) is 14.5. The largest absolute Gasteiger partial charge is 0.347 e. The van der Waals surface area contributed by atoms with Gasteiger partial charge in [0.15, 0.2) is 0 Å². The first-order valence-electron chi connectivity index (χ1n) is 8.77. The summed E-state index contributed by atoms with van der Waals surface area (Å²) in [5, 5.41) is 3.68. The molecule has 1 aliphatic rings. The molecule has 1 heterocycles. The molecular weight excluding hydrogens is 362 g/mol. The second-order valence-electron chi connectivity index (χ2n) is 6.72. The van der Waals surface area contributed by atoms with Crippen LogP contribution in [0.25, 0.3) is 0 Å². The van der Waals surface area contributed by atoms with Crippen LogP contribution in [0.3, 0.4) is 0 Å². The van der Waals surface area contributed by atoms with Gasteiger partial charge in [-0.05, 0) is 53.8 Å². The van der Waals surface area contributed by atoms with Crippen LogP contribution >= 0.6 is 11.6 Å². The zero-order valence-corrected chi connectivity index (χ0v) is 15.3. The molecule has 2 atom stereocenters. The molecule has 27 heavy (non-hydrogen) atoms. The van der Waals surface area contributed by atoms with Crippen molar-refractivity contribution in [2.24, 2.45) is 5.92 Å². The van der Waals surface area contributed by atoms with E-state index in [1.807, 2.05) is 48.5 Å². The third-order valence-corrected chi connectivity index (χ3v) is 4.97. The third-order valence-electron chi connectivity index (χ3n) is 4.73. The molecule has 2 unspecified atom stereocenters. The first kappa shape index (κ1) is 17.5. The minimum Gasteiger partial charge on any atom is -0.326 e. The highest BCUT2D eigenvalue weighted by Crippen LogP contribution is 2.48. The second-order valence-corrected chi connectivity index (χ2v) is 7.16. The number of nitrogens with zero attached hydrogens (tertiary/aromatic N) is 2. The van der Waals surface area contributed by atoms with Gasteiger partial charge in [-0.2, -0.15) is 0 Å². The van der Waals surface area contributed by atoms with Gasteiger partial charge in [0.05, 0.1) is 6.54 Å². The first-order valence-corrected chi connectivity index (χ1v) is 9.15. The van der Waals surface area contributed by atoms with Gasteiger partial charge in [-0.3, -0.25) is 9.36 Å². The minimum atomic E-state index is -0.297. The summed E-state index contributed by atoms with van der Waals surface area (Å²) in [6, 6.07) is 16.9. The van der Waals surface area contributed by atoms with Gasteiger partial charge in [0.25, 0.3) is 0 Å². The zero-order chi connectivity index (χ0) is 18.8. The molecule has 0 bridgehead atoms. The van der Waals surface area contributed by atoms with Crippen molar-refractivity contribution in [3.8, 4) is 0 Å². The average Bonchev–Trinajstić information content (AvgIpc) is 3.45. The first-order chi connectivity index (χ1) is 13.1. The van der Waals surface area contributed by atoms with E-state index < -0.39 is 0 Å². The Morgan fingerprint density at radius 3 is 2.85 bits per heavy atom. The van der Waals surface area contributed by atoms with Gasteiger partial charge in [0.2, 0.25) is 5.91 Å². The van der Waals surface area contributed by atoms with Crippen molar-refractivity contribution in [2.45, 2.75) is 18.9 Å². The van der Waals surface area contributed by atoms with Crippen LogP contribution < -0.4 is 11.0 Å². The van der Waals surface area contributed by atoms with E-state index in [1.54, 1.807) is 12.3 Å². The number of rotatable bonds is 5. The highest BCUT2D eigenvalue weighted by Gasteiger charge is 2.43. The number of hydrogen-bond acceptors (Lipinski definition) is 3. The lowest BCUT2D eigenvalue weighted by Gasteiger charge is -2.09. The summed E-state index contributed by atoms with van der Waals surface area (Å²) in [5.41, 5.74) is 2.46. The topological polar surface area (TPSA) is 64.0 Å². The molecule has 0 radical (unpaired) electrons. The standard InChI is InChI=1S/C21H18ClN3O2/c22-16-6-2-5-15(11-16)18-12-19(18)20(26)24-17-7-1-4-14(10-17)13-25-9-3-8-23-21(25)27/h1-11,18-19H,12-13H2,(H,24,26). The maximum atomic E-state index is 12.6. The Morgan fingerprint density at radius 1 is 1.19 bits per heavy atom. The molecule has 1 fully saturated rings. The van der Waals surface area contributed by atoms with Crippen molar-refractivity contribution < 1.29 is 4.79 Å². The van der Waals surface area contributed by atoms with Crippen LogP contribution in [0.15, 0.2) is 71.8 Å². The summed E-state index contributed by atoms with van der Waals surface area (Å²) < 4.78 is 1.52. The molecule has 0 spiro atoms. The molecule has 136 valence electrons. The van der Waals surface area contributed by atoms with Crippen molar-refractivity contribution in [3.63, 3.8) is 0 Å². The smallest absolute Gasteiger partial charge is 0.326 e. The summed E-state index contributed by atoms with van der Waals surface area (Å²) in [7, 11) is 0. The van der Waals surface area contributed by atoms with Crippen LogP contribution in [0.2, 0.25) is 5.02 Å². The number of anilines is 1. The molecule has 1 aliphatic carbocycles. The van der Waals surface area contributed by atoms with E-state index in [9.17, 15) is 9.59 Å². The molecule has 1 amide bonds. The summed E-state index contributed by atoms with van der Waals surface area (Å²) in [5.74, 6) is 0.199. The number of amides is 1. The number of aromatic nitrogens is 2. The summed E-state index contributed by atoms with van der Waals surface area (Å²) in [6.45, 7) is 0.408. The molecule has 1 aromatic heterocycles. The number of nitrogens with one attached hydrogen (secondary N) is 1. The van der Waals surface area contributed by atoms with E-state index in [-0.39, 0.29) is 23.4 Å². The van der Waals surface area contributed by atoms with Crippen LogP contribution in [-0.4, -0.2) is 15.5 Å². The number of hydrogen-bond donors (Lipinski definition) is 1. The molecule has 4 rings (SSSR count). The fourth-order valence-corrected chi connectivity index (χ4v) is 3.48. The molecular formula is C21H18ClN3O2. The van der Waals surface area contributed by atoms with Crippen molar-refractivity contribution in [2.75, 3.05) is 5.32 Å². The van der Waals surface area contributed by atoms with Gasteiger partial charge in [-0.25, -0.2) is 9.78 Å². The van der Waals surface area contributed by atoms with Crippen molar-refractivity contribution in [1.29, 1.82) is 0 Å². The lowest BCUT2D eigenvalue weighted by Crippen LogP contribution is -2.22. The fourth-order valence-electron chi connectivity index (χ4n) is 3.28. The Kier molecular flexibility index (Phi) is 4.77. The van der Waals surface area contributed by atoms with Gasteiger partial charge in [-0.1, -0.05) is 35.9 Å². The van der Waals surface area contributed by atoms with Gasteiger partial charge in [0, 0.05) is 29.0 Å². The van der Waals surface area contributed by atoms with Gasteiger partial charge < -0.3 is 5.32 Å². The maximum Gasteiger partial charge on any atom is 0.347 e. The summed E-state index contributed by atoms with van der Waals surface area (Å²) >= 11 is 6.04. The van der Waals surface area contributed by atoms with Crippen LogP contribution in [0.5, 0.6) is 0 Å². The Bertz CT molecular complexity index is 1050. The lowest BCUT2D eigenvalue weighted by molar-refractivity contribution is -0.117. The van der Waals surface area contributed by atoms with E-state index in [1.165, 1.54) is 10.8 Å². The summed E-state index contributed by atoms with van der Waals surface area (Å²) in [4.78, 5) is 28.1. The highest BCUT2D eigenvalue weighted by molar-refractivity contribution is 6.30. The number of halogens is 1. The monoisotopic (exact) mass is 379 g/mol. The molecule has 6 heteroatoms.